The minimum Gasteiger partial charge on any atom is -0.487 e. The van der Waals surface area contributed by atoms with E-state index in [4.69, 9.17) is 39.5 Å². The third-order valence-corrected chi connectivity index (χ3v) is 4.10. The molecular formula is C18H13Cl3N2O. The molecule has 3 aromatic rings. The molecule has 0 aliphatic heterocycles. The highest BCUT2D eigenvalue weighted by Crippen LogP contribution is 2.29. The first-order valence-corrected chi connectivity index (χ1v) is 8.27. The van der Waals surface area contributed by atoms with E-state index < -0.39 is 0 Å². The lowest BCUT2D eigenvalue weighted by Crippen LogP contribution is -1.97. The van der Waals surface area contributed by atoms with Gasteiger partial charge in [0.05, 0.1) is 17.5 Å². The Balaban J connectivity index is 1.89. The zero-order chi connectivity index (χ0) is 16.9. The number of ether oxygens (including phenoxy) is 1. The number of nitrogens with zero attached hydrogens (tertiary/aromatic N) is 2. The summed E-state index contributed by atoms with van der Waals surface area (Å²) in [5, 5.41) is 1.78. The molecular weight excluding hydrogens is 367 g/mol. The van der Waals surface area contributed by atoms with Gasteiger partial charge in [0.25, 0.3) is 0 Å². The summed E-state index contributed by atoms with van der Waals surface area (Å²) in [6.07, 6.45) is 7.00. The summed E-state index contributed by atoms with van der Waals surface area (Å²) in [4.78, 5) is 4.03. The number of hydrogen-bond donors (Lipinski definition) is 0. The van der Waals surface area contributed by atoms with Crippen LogP contribution in [-0.2, 0) is 11.3 Å². The average molecular weight is 380 g/mol. The van der Waals surface area contributed by atoms with Crippen LogP contribution in [0.2, 0.25) is 15.1 Å². The lowest BCUT2D eigenvalue weighted by Gasteiger charge is -2.13. The van der Waals surface area contributed by atoms with Gasteiger partial charge in [-0.25, -0.2) is 4.98 Å². The van der Waals surface area contributed by atoms with Crippen LogP contribution < -0.4 is 0 Å². The Kier molecular flexibility index (Phi) is 5.46. The molecule has 0 spiro atoms. The molecule has 0 N–H and O–H groups in total. The Morgan fingerprint density at radius 1 is 1.04 bits per heavy atom. The lowest BCUT2D eigenvalue weighted by atomic mass is 10.2. The van der Waals surface area contributed by atoms with Crippen molar-refractivity contribution in [1.29, 1.82) is 0 Å². The maximum Gasteiger partial charge on any atom is 0.145 e. The van der Waals surface area contributed by atoms with Gasteiger partial charge in [0.2, 0.25) is 0 Å². The van der Waals surface area contributed by atoms with Gasteiger partial charge in [-0.3, -0.25) is 0 Å². The molecule has 0 aliphatic carbocycles. The first kappa shape index (κ1) is 16.9. The van der Waals surface area contributed by atoms with Gasteiger partial charge in [-0.2, -0.15) is 0 Å². The molecule has 0 amide bonds. The number of imidazole rings is 1. The predicted molar refractivity (Wildman–Crippen MR) is 99.1 cm³/mol. The molecule has 122 valence electrons. The Labute approximate surface area is 155 Å². The SMILES string of the molecule is Clc1ccc(COC(=Cn2ccnc2)c2ccc(Cl)cc2Cl)cc1. The van der Waals surface area contributed by atoms with E-state index in [0.29, 0.717) is 27.4 Å². The fraction of sp³-hybridized carbons (Fsp3) is 0.0556. The first-order valence-electron chi connectivity index (χ1n) is 7.14. The zero-order valence-electron chi connectivity index (χ0n) is 12.5. The van der Waals surface area contributed by atoms with Crippen molar-refractivity contribution in [2.75, 3.05) is 0 Å². The Morgan fingerprint density at radius 2 is 1.79 bits per heavy atom. The van der Waals surface area contributed by atoms with Gasteiger partial charge in [-0.05, 0) is 35.9 Å². The monoisotopic (exact) mass is 378 g/mol. The minimum atomic E-state index is 0.386. The highest BCUT2D eigenvalue weighted by molar-refractivity contribution is 6.35. The summed E-state index contributed by atoms with van der Waals surface area (Å²) in [7, 11) is 0. The highest BCUT2D eigenvalue weighted by atomic mass is 35.5. The van der Waals surface area contributed by atoms with Gasteiger partial charge in [0.15, 0.2) is 0 Å². The lowest BCUT2D eigenvalue weighted by molar-refractivity contribution is 0.265. The Morgan fingerprint density at radius 3 is 2.46 bits per heavy atom. The molecule has 1 aromatic heterocycles. The second-order valence-electron chi connectivity index (χ2n) is 5.04. The summed E-state index contributed by atoms with van der Waals surface area (Å²) in [6, 6.07) is 12.8. The molecule has 0 aliphatic rings. The van der Waals surface area contributed by atoms with Crippen molar-refractivity contribution in [2.24, 2.45) is 0 Å². The summed E-state index contributed by atoms with van der Waals surface area (Å²) in [5.74, 6) is 0.615. The molecule has 3 nitrogen and oxygen atoms in total. The molecule has 0 atom stereocenters. The summed E-state index contributed by atoms with van der Waals surface area (Å²) >= 11 is 18.2. The van der Waals surface area contributed by atoms with E-state index in [1.54, 1.807) is 29.2 Å². The van der Waals surface area contributed by atoms with Crippen LogP contribution in [0, 0.1) is 0 Å². The van der Waals surface area contributed by atoms with E-state index in [0.717, 1.165) is 11.1 Å². The van der Waals surface area contributed by atoms with Crippen LogP contribution >= 0.6 is 34.8 Å². The van der Waals surface area contributed by atoms with Crippen molar-refractivity contribution in [3.63, 3.8) is 0 Å². The molecule has 0 saturated heterocycles. The van der Waals surface area contributed by atoms with Gasteiger partial charge in [-0.1, -0.05) is 46.9 Å². The Hall–Kier alpha value is -1.94. The van der Waals surface area contributed by atoms with Crippen LogP contribution in [0.1, 0.15) is 11.1 Å². The molecule has 0 unspecified atom stereocenters. The van der Waals surface area contributed by atoms with Gasteiger partial charge in [0.1, 0.15) is 12.4 Å². The number of hydrogen-bond acceptors (Lipinski definition) is 2. The number of halogens is 3. The molecule has 0 fully saturated rings. The molecule has 6 heteroatoms. The van der Waals surface area contributed by atoms with E-state index in [1.807, 2.05) is 42.7 Å². The topological polar surface area (TPSA) is 27.1 Å². The van der Waals surface area contributed by atoms with Crippen molar-refractivity contribution in [1.82, 2.24) is 9.55 Å². The van der Waals surface area contributed by atoms with Crippen molar-refractivity contribution >= 4 is 46.8 Å². The fourth-order valence-electron chi connectivity index (χ4n) is 2.10. The van der Waals surface area contributed by atoms with Crippen LogP contribution in [0.25, 0.3) is 12.0 Å². The number of rotatable bonds is 5. The fourth-order valence-corrected chi connectivity index (χ4v) is 2.72. The van der Waals surface area contributed by atoms with E-state index in [9.17, 15) is 0 Å². The normalized spacial score (nSPS) is 11.5. The molecule has 1 heterocycles. The maximum atomic E-state index is 6.32. The molecule has 24 heavy (non-hydrogen) atoms. The number of aromatic nitrogens is 2. The molecule has 3 rings (SSSR count). The molecule has 0 saturated carbocycles. The second kappa shape index (κ2) is 7.75. The molecule has 0 bridgehead atoms. The largest absolute Gasteiger partial charge is 0.487 e. The highest BCUT2D eigenvalue weighted by Gasteiger charge is 2.10. The predicted octanol–water partition coefficient (Wildman–Crippen LogP) is 6.02. The summed E-state index contributed by atoms with van der Waals surface area (Å²) < 4.78 is 7.78. The second-order valence-corrected chi connectivity index (χ2v) is 6.32. The quantitative estimate of drug-likeness (QED) is 0.507. The number of benzene rings is 2. The summed E-state index contributed by atoms with van der Waals surface area (Å²) in [5.41, 5.74) is 1.75. The van der Waals surface area contributed by atoms with Gasteiger partial charge in [0, 0.05) is 28.0 Å². The smallest absolute Gasteiger partial charge is 0.145 e. The molecule has 2 aromatic carbocycles. The van der Waals surface area contributed by atoms with Crippen molar-refractivity contribution in [2.45, 2.75) is 6.61 Å². The van der Waals surface area contributed by atoms with Crippen LogP contribution in [0.5, 0.6) is 0 Å². The van der Waals surface area contributed by atoms with Crippen molar-refractivity contribution in [3.05, 3.63) is 87.4 Å². The third kappa shape index (κ3) is 4.32. The summed E-state index contributed by atoms with van der Waals surface area (Å²) in [6.45, 7) is 0.386. The maximum absolute atomic E-state index is 6.32. The van der Waals surface area contributed by atoms with Crippen LogP contribution in [0.3, 0.4) is 0 Å². The van der Waals surface area contributed by atoms with Crippen molar-refractivity contribution in [3.8, 4) is 0 Å². The van der Waals surface area contributed by atoms with Crippen LogP contribution in [0.4, 0.5) is 0 Å². The Bertz CT molecular complexity index is 843. The zero-order valence-corrected chi connectivity index (χ0v) is 14.8. The van der Waals surface area contributed by atoms with Gasteiger partial charge >= 0.3 is 0 Å². The van der Waals surface area contributed by atoms with Gasteiger partial charge in [-0.15, -0.1) is 0 Å². The molecule has 0 radical (unpaired) electrons. The van der Waals surface area contributed by atoms with E-state index in [-0.39, 0.29) is 0 Å². The van der Waals surface area contributed by atoms with Crippen LogP contribution in [-0.4, -0.2) is 9.55 Å². The minimum absolute atomic E-state index is 0.386. The van der Waals surface area contributed by atoms with E-state index in [1.165, 1.54) is 0 Å². The van der Waals surface area contributed by atoms with Crippen molar-refractivity contribution < 1.29 is 4.74 Å². The average Bonchev–Trinajstić information content (AvgIpc) is 3.06. The standard InChI is InChI=1S/C18H13Cl3N2O/c19-14-3-1-13(2-4-14)11-24-18(10-23-8-7-22-12-23)16-6-5-15(20)9-17(16)21/h1-10,12H,11H2. The van der Waals surface area contributed by atoms with E-state index in [2.05, 4.69) is 4.98 Å². The van der Waals surface area contributed by atoms with Gasteiger partial charge < -0.3 is 9.30 Å². The third-order valence-electron chi connectivity index (χ3n) is 3.30. The first-order chi connectivity index (χ1) is 11.6. The van der Waals surface area contributed by atoms with Crippen LogP contribution in [0.15, 0.2) is 61.2 Å². The van der Waals surface area contributed by atoms with E-state index >= 15 is 0 Å².